The molecule has 0 aliphatic carbocycles. The molecule has 0 aliphatic heterocycles. The fraction of sp³-hybridized carbons (Fsp3) is 0.125. The van der Waals surface area contributed by atoms with Crippen molar-refractivity contribution in [2.75, 3.05) is 5.32 Å². The summed E-state index contributed by atoms with van der Waals surface area (Å²) in [6, 6.07) is 13.3. The smallest absolute Gasteiger partial charge is 0.276 e. The minimum Gasteiger partial charge on any atom is -0.326 e. The molecule has 0 radical (unpaired) electrons. The predicted molar refractivity (Wildman–Crippen MR) is 89.8 cm³/mol. The van der Waals surface area contributed by atoms with E-state index >= 15 is 0 Å². The van der Waals surface area contributed by atoms with Gasteiger partial charge in [0.2, 0.25) is 5.91 Å². The van der Waals surface area contributed by atoms with Crippen molar-refractivity contribution in [2.24, 2.45) is 5.10 Å². The minimum atomic E-state index is -3.68. The zero-order valence-electron chi connectivity index (χ0n) is 12.8. The van der Waals surface area contributed by atoms with Crippen molar-refractivity contribution in [1.82, 2.24) is 4.83 Å². The second kappa shape index (κ2) is 7.06. The van der Waals surface area contributed by atoms with Gasteiger partial charge in [-0.1, -0.05) is 29.8 Å². The van der Waals surface area contributed by atoms with Crippen LogP contribution in [0.1, 0.15) is 18.1 Å². The number of nitrogens with zero attached hydrogens (tertiary/aromatic N) is 1. The normalized spacial score (nSPS) is 11.4. The molecule has 2 aromatic rings. The Morgan fingerprint density at radius 3 is 2.22 bits per heavy atom. The molecule has 0 fully saturated rings. The van der Waals surface area contributed by atoms with Crippen molar-refractivity contribution in [1.29, 1.82) is 0 Å². The molecule has 120 valence electrons. The van der Waals surface area contributed by atoms with Crippen molar-refractivity contribution in [3.8, 4) is 0 Å². The third-order valence-electron chi connectivity index (χ3n) is 2.95. The lowest BCUT2D eigenvalue weighted by molar-refractivity contribution is -0.114. The molecule has 6 nitrogen and oxygen atoms in total. The van der Waals surface area contributed by atoms with Crippen LogP contribution in [0.3, 0.4) is 0 Å². The molecule has 2 rings (SSSR count). The lowest BCUT2D eigenvalue weighted by atomic mass is 10.2. The van der Waals surface area contributed by atoms with Crippen LogP contribution in [0.15, 0.2) is 58.5 Å². The number of hydrazone groups is 1. The second-order valence-electron chi connectivity index (χ2n) is 4.97. The Labute approximate surface area is 135 Å². The topological polar surface area (TPSA) is 87.6 Å². The molecule has 0 heterocycles. The van der Waals surface area contributed by atoms with E-state index in [1.807, 2.05) is 6.92 Å². The van der Waals surface area contributed by atoms with Crippen LogP contribution >= 0.6 is 0 Å². The molecule has 2 aromatic carbocycles. The van der Waals surface area contributed by atoms with E-state index in [0.717, 1.165) is 5.56 Å². The molecule has 0 saturated heterocycles. The highest BCUT2D eigenvalue weighted by atomic mass is 32.2. The van der Waals surface area contributed by atoms with E-state index < -0.39 is 10.0 Å². The van der Waals surface area contributed by atoms with Gasteiger partial charge in [0.25, 0.3) is 10.0 Å². The maximum Gasteiger partial charge on any atom is 0.276 e. The predicted octanol–water partition coefficient (Wildman–Crippen LogP) is 2.27. The summed E-state index contributed by atoms with van der Waals surface area (Å²) in [5.41, 5.74) is 2.34. The molecule has 23 heavy (non-hydrogen) atoms. The number of carbonyl (C=O) groups is 1. The van der Waals surface area contributed by atoms with Crippen LogP contribution in [-0.2, 0) is 14.8 Å². The van der Waals surface area contributed by atoms with Crippen LogP contribution in [0, 0.1) is 6.92 Å². The maximum absolute atomic E-state index is 12.0. The largest absolute Gasteiger partial charge is 0.326 e. The number of sulfonamides is 1. The molecule has 0 atom stereocenters. The summed E-state index contributed by atoms with van der Waals surface area (Å²) in [5, 5.41) is 6.40. The zero-order chi connectivity index (χ0) is 16.9. The first kappa shape index (κ1) is 16.7. The highest BCUT2D eigenvalue weighted by Crippen LogP contribution is 2.10. The second-order valence-corrected chi connectivity index (χ2v) is 6.63. The number of aryl methyl sites for hydroxylation is 1. The van der Waals surface area contributed by atoms with Gasteiger partial charge in [-0.25, -0.2) is 4.83 Å². The number of benzene rings is 2. The number of hydrogen-bond donors (Lipinski definition) is 2. The zero-order valence-corrected chi connectivity index (χ0v) is 13.6. The Kier molecular flexibility index (Phi) is 5.13. The van der Waals surface area contributed by atoms with E-state index in [2.05, 4.69) is 15.2 Å². The monoisotopic (exact) mass is 331 g/mol. The van der Waals surface area contributed by atoms with E-state index in [-0.39, 0.29) is 10.8 Å². The Bertz CT molecular complexity index is 811. The summed E-state index contributed by atoms with van der Waals surface area (Å²) in [4.78, 5) is 13.2. The lowest BCUT2D eigenvalue weighted by Crippen LogP contribution is -2.18. The highest BCUT2D eigenvalue weighted by Gasteiger charge is 2.11. The van der Waals surface area contributed by atoms with Crippen LogP contribution in [0.5, 0.6) is 0 Å². The van der Waals surface area contributed by atoms with Crippen LogP contribution in [0.4, 0.5) is 5.69 Å². The Morgan fingerprint density at radius 1 is 1.04 bits per heavy atom. The van der Waals surface area contributed by atoms with Gasteiger partial charge in [-0.15, -0.1) is 0 Å². The van der Waals surface area contributed by atoms with Gasteiger partial charge in [-0.05, 0) is 36.8 Å². The molecule has 0 bridgehead atoms. The number of nitrogens with one attached hydrogen (secondary N) is 2. The third kappa shape index (κ3) is 4.93. The third-order valence-corrected chi connectivity index (χ3v) is 4.19. The first-order valence-corrected chi connectivity index (χ1v) is 8.34. The Hall–Kier alpha value is -2.67. The first-order chi connectivity index (χ1) is 10.9. The number of anilines is 1. The molecule has 0 unspecified atom stereocenters. The average Bonchev–Trinajstić information content (AvgIpc) is 2.49. The summed E-state index contributed by atoms with van der Waals surface area (Å²) < 4.78 is 24.1. The van der Waals surface area contributed by atoms with Crippen molar-refractivity contribution >= 4 is 27.8 Å². The molecule has 0 saturated carbocycles. The Balaban J connectivity index is 2.03. The van der Waals surface area contributed by atoms with Gasteiger partial charge in [0.15, 0.2) is 0 Å². The average molecular weight is 331 g/mol. The molecular formula is C16H17N3O3S. The summed E-state index contributed by atoms with van der Waals surface area (Å²) in [7, 11) is -3.68. The summed E-state index contributed by atoms with van der Waals surface area (Å²) in [5.74, 6) is -0.155. The fourth-order valence-electron chi connectivity index (χ4n) is 1.80. The standard InChI is InChI=1S/C16H17N3O3S/c1-12-3-9-16(10-4-12)23(21,22)19-17-11-14-5-7-15(8-6-14)18-13(2)20/h3-11,19H,1-2H3,(H,18,20)/b17-11+. The van der Waals surface area contributed by atoms with E-state index in [1.165, 1.54) is 25.3 Å². The van der Waals surface area contributed by atoms with Crippen LogP contribution in [0.25, 0.3) is 0 Å². The molecule has 2 N–H and O–H groups in total. The van der Waals surface area contributed by atoms with Gasteiger partial charge in [-0.3, -0.25) is 4.79 Å². The minimum absolute atomic E-state index is 0.154. The molecule has 0 aromatic heterocycles. The number of hydrogen-bond acceptors (Lipinski definition) is 4. The van der Waals surface area contributed by atoms with E-state index in [9.17, 15) is 13.2 Å². The van der Waals surface area contributed by atoms with E-state index in [4.69, 9.17) is 0 Å². The quantitative estimate of drug-likeness (QED) is 0.651. The fourth-order valence-corrected chi connectivity index (χ4v) is 2.59. The van der Waals surface area contributed by atoms with E-state index in [1.54, 1.807) is 36.4 Å². The molecule has 0 aliphatic rings. The van der Waals surface area contributed by atoms with Crippen molar-refractivity contribution in [3.05, 3.63) is 59.7 Å². The van der Waals surface area contributed by atoms with Crippen LogP contribution in [-0.4, -0.2) is 20.5 Å². The van der Waals surface area contributed by atoms with Gasteiger partial charge < -0.3 is 5.32 Å². The number of carbonyl (C=O) groups excluding carboxylic acids is 1. The number of amides is 1. The van der Waals surface area contributed by atoms with Crippen LogP contribution in [0.2, 0.25) is 0 Å². The van der Waals surface area contributed by atoms with Gasteiger partial charge in [-0.2, -0.15) is 13.5 Å². The van der Waals surface area contributed by atoms with Gasteiger partial charge in [0, 0.05) is 12.6 Å². The molecule has 0 spiro atoms. The van der Waals surface area contributed by atoms with E-state index in [0.29, 0.717) is 11.3 Å². The first-order valence-electron chi connectivity index (χ1n) is 6.86. The van der Waals surface area contributed by atoms with Crippen LogP contribution < -0.4 is 10.1 Å². The maximum atomic E-state index is 12.0. The van der Waals surface area contributed by atoms with Gasteiger partial charge in [0.05, 0.1) is 11.1 Å². The van der Waals surface area contributed by atoms with Crippen molar-refractivity contribution < 1.29 is 13.2 Å². The molecule has 1 amide bonds. The summed E-state index contributed by atoms with van der Waals surface area (Å²) in [6.07, 6.45) is 1.39. The molecular weight excluding hydrogens is 314 g/mol. The number of rotatable bonds is 5. The lowest BCUT2D eigenvalue weighted by Gasteiger charge is -2.04. The summed E-state index contributed by atoms with van der Waals surface area (Å²) >= 11 is 0. The molecule has 7 heteroatoms. The van der Waals surface area contributed by atoms with Crippen molar-refractivity contribution in [2.45, 2.75) is 18.7 Å². The highest BCUT2D eigenvalue weighted by molar-refractivity contribution is 7.89. The summed E-state index contributed by atoms with van der Waals surface area (Å²) in [6.45, 7) is 3.31. The SMILES string of the molecule is CC(=O)Nc1ccc(/C=N/NS(=O)(=O)c2ccc(C)cc2)cc1. The Morgan fingerprint density at radius 2 is 1.65 bits per heavy atom. The van der Waals surface area contributed by atoms with Crippen molar-refractivity contribution in [3.63, 3.8) is 0 Å². The van der Waals surface area contributed by atoms with Gasteiger partial charge in [0.1, 0.15) is 0 Å². The van der Waals surface area contributed by atoms with Gasteiger partial charge >= 0.3 is 0 Å².